The van der Waals surface area contributed by atoms with E-state index in [9.17, 15) is 8.42 Å². The molecule has 1 aliphatic rings. The molecule has 1 aromatic heterocycles. The minimum absolute atomic E-state index is 0.300. The van der Waals surface area contributed by atoms with Crippen LogP contribution in [0, 0.1) is 6.92 Å². The molecule has 0 radical (unpaired) electrons. The van der Waals surface area contributed by atoms with Crippen molar-refractivity contribution in [3.8, 4) is 5.75 Å². The number of nitrogens with zero attached hydrogens (tertiary/aromatic N) is 2. The number of halogens is 1. The zero-order valence-corrected chi connectivity index (χ0v) is 15.9. The first-order valence-corrected chi connectivity index (χ1v) is 10.2. The van der Waals surface area contributed by atoms with Gasteiger partial charge in [-0.25, -0.2) is 8.42 Å². The van der Waals surface area contributed by atoms with Crippen LogP contribution in [0.3, 0.4) is 0 Å². The lowest BCUT2D eigenvalue weighted by Gasteiger charge is -2.35. The number of sulfonamides is 1. The standard InChI is InChI=1S/C16H19ClN2O3S2/c1-12-3-4-14(22-2)13(11-12)18-7-9-19(10-8-18)24(20,21)16-6-5-15(17)23-16/h3-6,11H,7-10H2,1-2H3. The molecular weight excluding hydrogens is 368 g/mol. The van der Waals surface area contributed by atoms with Gasteiger partial charge in [-0.15, -0.1) is 11.3 Å². The van der Waals surface area contributed by atoms with Crippen LogP contribution in [0.1, 0.15) is 5.56 Å². The zero-order chi connectivity index (χ0) is 17.3. The lowest BCUT2D eigenvalue weighted by atomic mass is 10.1. The maximum atomic E-state index is 12.7. The maximum Gasteiger partial charge on any atom is 0.252 e. The van der Waals surface area contributed by atoms with Gasteiger partial charge in [-0.05, 0) is 36.8 Å². The van der Waals surface area contributed by atoms with Crippen molar-refractivity contribution in [2.45, 2.75) is 11.1 Å². The van der Waals surface area contributed by atoms with E-state index in [2.05, 4.69) is 11.0 Å². The SMILES string of the molecule is COc1ccc(C)cc1N1CCN(S(=O)(=O)c2ccc(Cl)s2)CC1. The molecule has 24 heavy (non-hydrogen) atoms. The van der Waals surface area contributed by atoms with Crippen LogP contribution in [0.4, 0.5) is 5.69 Å². The van der Waals surface area contributed by atoms with Gasteiger partial charge in [0.1, 0.15) is 9.96 Å². The molecule has 8 heteroatoms. The van der Waals surface area contributed by atoms with Gasteiger partial charge in [-0.1, -0.05) is 17.7 Å². The number of anilines is 1. The fourth-order valence-electron chi connectivity index (χ4n) is 2.78. The summed E-state index contributed by atoms with van der Waals surface area (Å²) in [5.41, 5.74) is 2.16. The summed E-state index contributed by atoms with van der Waals surface area (Å²) in [4.78, 5) is 2.17. The molecule has 130 valence electrons. The molecule has 0 amide bonds. The van der Waals surface area contributed by atoms with Gasteiger partial charge >= 0.3 is 0 Å². The Balaban J connectivity index is 1.76. The van der Waals surface area contributed by atoms with E-state index in [4.69, 9.17) is 16.3 Å². The Labute approximate surface area is 151 Å². The average molecular weight is 387 g/mol. The molecule has 0 bridgehead atoms. The van der Waals surface area contributed by atoms with Gasteiger partial charge in [0.2, 0.25) is 0 Å². The molecular formula is C16H19ClN2O3S2. The normalized spacial score (nSPS) is 16.4. The summed E-state index contributed by atoms with van der Waals surface area (Å²) in [5.74, 6) is 0.807. The second kappa shape index (κ2) is 6.92. The van der Waals surface area contributed by atoms with Gasteiger partial charge in [-0.2, -0.15) is 4.31 Å². The number of ether oxygens (including phenoxy) is 1. The highest BCUT2D eigenvalue weighted by molar-refractivity contribution is 7.91. The van der Waals surface area contributed by atoms with Crippen LogP contribution in [-0.4, -0.2) is 46.0 Å². The number of thiophene rings is 1. The first-order valence-electron chi connectivity index (χ1n) is 7.57. The summed E-state index contributed by atoms with van der Waals surface area (Å²) < 4.78 is 33.0. The molecule has 1 aliphatic heterocycles. The monoisotopic (exact) mass is 386 g/mol. The van der Waals surface area contributed by atoms with Gasteiger partial charge < -0.3 is 9.64 Å². The topological polar surface area (TPSA) is 49.9 Å². The molecule has 0 unspecified atom stereocenters. The van der Waals surface area contributed by atoms with E-state index in [0.29, 0.717) is 34.7 Å². The summed E-state index contributed by atoms with van der Waals surface area (Å²) in [5, 5.41) is 0. The largest absolute Gasteiger partial charge is 0.495 e. The van der Waals surface area contributed by atoms with Gasteiger partial charge in [0.25, 0.3) is 10.0 Å². The van der Waals surface area contributed by atoms with Crippen LogP contribution in [0.5, 0.6) is 5.75 Å². The Hall–Kier alpha value is -1.28. The summed E-state index contributed by atoms with van der Waals surface area (Å²) >= 11 is 6.97. The van der Waals surface area contributed by atoms with E-state index < -0.39 is 10.0 Å². The fraction of sp³-hybridized carbons (Fsp3) is 0.375. The zero-order valence-electron chi connectivity index (χ0n) is 13.5. The fourth-order valence-corrected chi connectivity index (χ4v) is 5.84. The van der Waals surface area contributed by atoms with Crippen LogP contribution < -0.4 is 9.64 Å². The highest BCUT2D eigenvalue weighted by Crippen LogP contribution is 2.32. The van der Waals surface area contributed by atoms with E-state index >= 15 is 0 Å². The molecule has 1 aromatic carbocycles. The van der Waals surface area contributed by atoms with E-state index in [1.54, 1.807) is 19.2 Å². The molecule has 5 nitrogen and oxygen atoms in total. The van der Waals surface area contributed by atoms with Crippen molar-refractivity contribution in [2.75, 3.05) is 38.2 Å². The Morgan fingerprint density at radius 2 is 1.83 bits per heavy atom. The van der Waals surface area contributed by atoms with E-state index in [-0.39, 0.29) is 0 Å². The highest BCUT2D eigenvalue weighted by atomic mass is 35.5. The summed E-state index contributed by atoms with van der Waals surface area (Å²) in [6.45, 7) is 4.16. The van der Waals surface area contributed by atoms with Crippen LogP contribution >= 0.6 is 22.9 Å². The van der Waals surface area contributed by atoms with Crippen molar-refractivity contribution >= 4 is 38.6 Å². The van der Waals surface area contributed by atoms with Crippen molar-refractivity contribution in [1.82, 2.24) is 4.31 Å². The van der Waals surface area contributed by atoms with Gasteiger partial charge in [-0.3, -0.25) is 0 Å². The molecule has 0 aliphatic carbocycles. The molecule has 3 rings (SSSR count). The third-order valence-corrected chi connectivity index (χ3v) is 7.65. The Morgan fingerprint density at radius 3 is 2.42 bits per heavy atom. The predicted molar refractivity (Wildman–Crippen MR) is 98.0 cm³/mol. The van der Waals surface area contributed by atoms with Gasteiger partial charge in [0.05, 0.1) is 17.1 Å². The number of benzene rings is 1. The van der Waals surface area contributed by atoms with Crippen molar-refractivity contribution in [3.63, 3.8) is 0 Å². The molecule has 0 atom stereocenters. The first-order chi connectivity index (χ1) is 11.4. The Morgan fingerprint density at radius 1 is 1.12 bits per heavy atom. The quantitative estimate of drug-likeness (QED) is 0.809. The molecule has 2 aromatic rings. The minimum atomic E-state index is -3.46. The highest BCUT2D eigenvalue weighted by Gasteiger charge is 2.30. The number of piperazine rings is 1. The number of aryl methyl sites for hydroxylation is 1. The molecule has 0 saturated carbocycles. The minimum Gasteiger partial charge on any atom is -0.495 e. The third-order valence-electron chi connectivity index (χ3n) is 4.06. The third kappa shape index (κ3) is 3.39. The second-order valence-electron chi connectivity index (χ2n) is 5.62. The van der Waals surface area contributed by atoms with Crippen molar-refractivity contribution in [2.24, 2.45) is 0 Å². The summed E-state index contributed by atoms with van der Waals surface area (Å²) in [7, 11) is -1.81. The van der Waals surface area contributed by atoms with Gasteiger partial charge in [0.15, 0.2) is 0 Å². The molecule has 0 spiro atoms. The lowest BCUT2D eigenvalue weighted by Crippen LogP contribution is -2.48. The van der Waals surface area contributed by atoms with Crippen LogP contribution in [0.25, 0.3) is 0 Å². The van der Waals surface area contributed by atoms with Gasteiger partial charge in [0, 0.05) is 26.2 Å². The molecule has 1 fully saturated rings. The average Bonchev–Trinajstić information content (AvgIpc) is 3.02. The smallest absolute Gasteiger partial charge is 0.252 e. The number of hydrogen-bond acceptors (Lipinski definition) is 5. The molecule has 2 heterocycles. The number of methoxy groups -OCH3 is 1. The maximum absolute atomic E-state index is 12.7. The van der Waals surface area contributed by atoms with Crippen LogP contribution in [0.2, 0.25) is 4.34 Å². The summed E-state index contributed by atoms with van der Waals surface area (Å²) in [6, 6.07) is 9.21. The second-order valence-corrected chi connectivity index (χ2v) is 9.50. The number of hydrogen-bond donors (Lipinski definition) is 0. The van der Waals surface area contributed by atoms with E-state index in [1.165, 1.54) is 4.31 Å². The van der Waals surface area contributed by atoms with Crippen molar-refractivity contribution in [3.05, 3.63) is 40.2 Å². The van der Waals surface area contributed by atoms with E-state index in [0.717, 1.165) is 28.3 Å². The lowest BCUT2D eigenvalue weighted by molar-refractivity contribution is 0.379. The Bertz CT molecular complexity index is 828. The van der Waals surface area contributed by atoms with Crippen molar-refractivity contribution in [1.29, 1.82) is 0 Å². The van der Waals surface area contributed by atoms with Crippen LogP contribution in [-0.2, 0) is 10.0 Å². The molecule has 0 N–H and O–H groups in total. The van der Waals surface area contributed by atoms with Crippen LogP contribution in [0.15, 0.2) is 34.5 Å². The van der Waals surface area contributed by atoms with E-state index in [1.807, 2.05) is 19.1 Å². The van der Waals surface area contributed by atoms with Crippen molar-refractivity contribution < 1.29 is 13.2 Å². The summed E-state index contributed by atoms with van der Waals surface area (Å²) in [6.07, 6.45) is 0. The number of rotatable bonds is 4. The Kier molecular flexibility index (Phi) is 5.05. The molecule has 1 saturated heterocycles. The predicted octanol–water partition coefficient (Wildman–Crippen LogP) is 3.23. The first kappa shape index (κ1) is 17.5.